The summed E-state index contributed by atoms with van der Waals surface area (Å²) in [6, 6.07) is 8.15. The minimum absolute atomic E-state index is 0.924. The summed E-state index contributed by atoms with van der Waals surface area (Å²) >= 11 is 0. The first-order valence-corrected chi connectivity index (χ1v) is 5.63. The number of nitrogens with two attached hydrogens (primary N) is 1. The molecule has 0 aliphatic carbocycles. The lowest BCUT2D eigenvalue weighted by atomic mass is 10.1. The molecule has 1 heterocycles. The Bertz CT molecular complexity index is 305. The number of piperazine rings is 1. The molecule has 3 heteroatoms. The van der Waals surface area contributed by atoms with Crippen molar-refractivity contribution in [2.45, 2.75) is 6.42 Å². The first-order valence-electron chi connectivity index (χ1n) is 5.63. The van der Waals surface area contributed by atoms with Crippen LogP contribution in [0.1, 0.15) is 5.56 Å². The van der Waals surface area contributed by atoms with Gasteiger partial charge in [0.15, 0.2) is 0 Å². The van der Waals surface area contributed by atoms with Crippen molar-refractivity contribution in [1.82, 2.24) is 10.2 Å². The van der Waals surface area contributed by atoms with E-state index in [9.17, 15) is 0 Å². The number of benzene rings is 1. The van der Waals surface area contributed by atoms with Crippen LogP contribution in [-0.4, -0.2) is 37.6 Å². The lowest BCUT2D eigenvalue weighted by Gasteiger charge is -2.27. The number of hydrogen-bond donors (Lipinski definition) is 2. The van der Waals surface area contributed by atoms with Crippen LogP contribution in [0.3, 0.4) is 0 Å². The Balaban J connectivity index is 1.84. The van der Waals surface area contributed by atoms with E-state index in [-0.39, 0.29) is 0 Å². The zero-order valence-corrected chi connectivity index (χ0v) is 9.08. The number of para-hydroxylation sites is 1. The molecule has 1 aromatic carbocycles. The molecule has 1 aliphatic rings. The zero-order valence-electron chi connectivity index (χ0n) is 9.08. The fourth-order valence-corrected chi connectivity index (χ4v) is 1.98. The van der Waals surface area contributed by atoms with E-state index in [1.54, 1.807) is 0 Å². The van der Waals surface area contributed by atoms with Crippen LogP contribution in [0.25, 0.3) is 0 Å². The summed E-state index contributed by atoms with van der Waals surface area (Å²) in [7, 11) is 0. The van der Waals surface area contributed by atoms with Gasteiger partial charge in [0.1, 0.15) is 0 Å². The number of nitrogens with one attached hydrogen (secondary N) is 1. The Labute approximate surface area is 91.3 Å². The highest BCUT2D eigenvalue weighted by Gasteiger charge is 2.09. The first-order chi connectivity index (χ1) is 7.36. The van der Waals surface area contributed by atoms with E-state index in [0.29, 0.717) is 0 Å². The highest BCUT2D eigenvalue weighted by atomic mass is 15.2. The third kappa shape index (κ3) is 2.94. The van der Waals surface area contributed by atoms with E-state index in [1.807, 2.05) is 12.1 Å². The zero-order chi connectivity index (χ0) is 10.5. The monoisotopic (exact) mass is 205 g/mol. The number of anilines is 1. The Morgan fingerprint density at radius 1 is 1.20 bits per heavy atom. The molecule has 3 nitrogen and oxygen atoms in total. The van der Waals surface area contributed by atoms with E-state index in [1.165, 1.54) is 5.56 Å². The van der Waals surface area contributed by atoms with E-state index < -0.39 is 0 Å². The fraction of sp³-hybridized carbons (Fsp3) is 0.500. The number of hydrogen-bond acceptors (Lipinski definition) is 3. The van der Waals surface area contributed by atoms with Crippen LogP contribution in [0.5, 0.6) is 0 Å². The Hall–Kier alpha value is -1.06. The molecular formula is C12H19N3. The van der Waals surface area contributed by atoms with Crippen molar-refractivity contribution in [3.63, 3.8) is 0 Å². The summed E-state index contributed by atoms with van der Waals surface area (Å²) in [5.74, 6) is 0. The maximum atomic E-state index is 5.91. The van der Waals surface area contributed by atoms with Gasteiger partial charge in [-0.25, -0.2) is 0 Å². The van der Waals surface area contributed by atoms with E-state index in [4.69, 9.17) is 5.73 Å². The molecule has 82 valence electrons. The van der Waals surface area contributed by atoms with Crippen molar-refractivity contribution in [2.24, 2.45) is 0 Å². The Morgan fingerprint density at radius 3 is 2.67 bits per heavy atom. The van der Waals surface area contributed by atoms with Crippen molar-refractivity contribution < 1.29 is 0 Å². The van der Waals surface area contributed by atoms with Crippen LogP contribution in [0.2, 0.25) is 0 Å². The Kier molecular flexibility index (Phi) is 3.59. The predicted octanol–water partition coefficient (Wildman–Crippen LogP) is 0.716. The van der Waals surface area contributed by atoms with Gasteiger partial charge in [-0.15, -0.1) is 0 Å². The summed E-state index contributed by atoms with van der Waals surface area (Å²) < 4.78 is 0. The lowest BCUT2D eigenvalue weighted by Crippen LogP contribution is -2.44. The minimum atomic E-state index is 0.924. The molecule has 1 aromatic rings. The number of rotatable bonds is 3. The average molecular weight is 205 g/mol. The molecule has 0 atom stereocenters. The molecule has 1 saturated heterocycles. The molecule has 3 N–H and O–H groups in total. The highest BCUT2D eigenvalue weighted by molar-refractivity contribution is 5.46. The van der Waals surface area contributed by atoms with Crippen LogP contribution in [0.15, 0.2) is 24.3 Å². The molecule has 0 bridgehead atoms. The molecule has 0 amide bonds. The van der Waals surface area contributed by atoms with E-state index in [0.717, 1.165) is 44.8 Å². The number of nitrogens with zero attached hydrogens (tertiary/aromatic N) is 1. The van der Waals surface area contributed by atoms with Crippen LogP contribution in [0.4, 0.5) is 5.69 Å². The molecule has 1 fully saturated rings. The topological polar surface area (TPSA) is 41.3 Å². The summed E-state index contributed by atoms with van der Waals surface area (Å²) in [5.41, 5.74) is 8.10. The standard InChI is InChI=1S/C12H19N3/c13-12-4-2-1-3-11(12)5-8-15-9-6-14-7-10-15/h1-4,14H,5-10,13H2. The van der Waals surface area contributed by atoms with Crippen LogP contribution in [-0.2, 0) is 6.42 Å². The van der Waals surface area contributed by atoms with Gasteiger partial charge >= 0.3 is 0 Å². The molecule has 0 saturated carbocycles. The van der Waals surface area contributed by atoms with Gasteiger partial charge in [-0.3, -0.25) is 0 Å². The van der Waals surface area contributed by atoms with Crippen LogP contribution < -0.4 is 11.1 Å². The molecule has 0 spiro atoms. The SMILES string of the molecule is Nc1ccccc1CCN1CCNCC1. The quantitative estimate of drug-likeness (QED) is 0.714. The van der Waals surface area contributed by atoms with Gasteiger partial charge in [0.25, 0.3) is 0 Å². The average Bonchev–Trinajstić information content (AvgIpc) is 2.29. The second-order valence-corrected chi connectivity index (χ2v) is 4.04. The molecule has 2 rings (SSSR count). The largest absolute Gasteiger partial charge is 0.399 e. The van der Waals surface area contributed by atoms with Gasteiger partial charge in [-0.2, -0.15) is 0 Å². The van der Waals surface area contributed by atoms with E-state index in [2.05, 4.69) is 22.3 Å². The van der Waals surface area contributed by atoms with E-state index >= 15 is 0 Å². The molecule has 0 aromatic heterocycles. The minimum Gasteiger partial charge on any atom is -0.399 e. The maximum absolute atomic E-state index is 5.91. The van der Waals surface area contributed by atoms with Crippen LogP contribution >= 0.6 is 0 Å². The summed E-state index contributed by atoms with van der Waals surface area (Å²) in [6.45, 7) is 5.67. The van der Waals surface area contributed by atoms with Gasteiger partial charge in [-0.1, -0.05) is 18.2 Å². The van der Waals surface area contributed by atoms with Crippen molar-refractivity contribution in [2.75, 3.05) is 38.5 Å². The fourth-order valence-electron chi connectivity index (χ4n) is 1.98. The normalized spacial score (nSPS) is 17.9. The molecule has 1 aliphatic heterocycles. The van der Waals surface area contributed by atoms with Gasteiger partial charge in [0.05, 0.1) is 0 Å². The van der Waals surface area contributed by atoms with Gasteiger partial charge in [0.2, 0.25) is 0 Å². The highest BCUT2D eigenvalue weighted by Crippen LogP contribution is 2.11. The molecule has 15 heavy (non-hydrogen) atoms. The predicted molar refractivity (Wildman–Crippen MR) is 63.9 cm³/mol. The summed E-state index contributed by atoms with van der Waals surface area (Å²) in [5, 5.41) is 3.36. The van der Waals surface area contributed by atoms with Gasteiger partial charge in [0, 0.05) is 38.4 Å². The second kappa shape index (κ2) is 5.14. The van der Waals surface area contributed by atoms with Gasteiger partial charge < -0.3 is 16.0 Å². The summed E-state index contributed by atoms with van der Waals surface area (Å²) in [4.78, 5) is 2.49. The summed E-state index contributed by atoms with van der Waals surface area (Å²) in [6.07, 6.45) is 1.06. The van der Waals surface area contributed by atoms with Crippen LogP contribution in [0, 0.1) is 0 Å². The third-order valence-corrected chi connectivity index (χ3v) is 2.96. The second-order valence-electron chi connectivity index (χ2n) is 4.04. The molecular weight excluding hydrogens is 186 g/mol. The lowest BCUT2D eigenvalue weighted by molar-refractivity contribution is 0.244. The van der Waals surface area contributed by atoms with Crippen molar-refractivity contribution in [3.8, 4) is 0 Å². The van der Waals surface area contributed by atoms with Gasteiger partial charge in [-0.05, 0) is 18.1 Å². The maximum Gasteiger partial charge on any atom is 0.0347 e. The number of nitrogen functional groups attached to an aromatic ring is 1. The third-order valence-electron chi connectivity index (χ3n) is 2.96. The molecule has 0 unspecified atom stereocenters. The Morgan fingerprint density at radius 2 is 1.93 bits per heavy atom. The smallest absolute Gasteiger partial charge is 0.0347 e. The van der Waals surface area contributed by atoms with Crippen molar-refractivity contribution in [1.29, 1.82) is 0 Å². The van der Waals surface area contributed by atoms with Crippen molar-refractivity contribution >= 4 is 5.69 Å². The first kappa shape index (κ1) is 10.5. The molecule has 0 radical (unpaired) electrons. The van der Waals surface area contributed by atoms with Crippen molar-refractivity contribution in [3.05, 3.63) is 29.8 Å².